The lowest BCUT2D eigenvalue weighted by atomic mass is 9.94. The standard InChI is InChI=1S/C20H28FN5O.HI/c1-20(2,3)17-13-23-18(27-17)14-24-19(22-4)26-11-9-25(10-12-26)16-8-6-5-7-15(16)21;/h5-8,13H,9-12,14H2,1-4H3,(H,22,24);1H. The van der Waals surface area contributed by atoms with Gasteiger partial charge >= 0.3 is 0 Å². The van der Waals surface area contributed by atoms with E-state index in [4.69, 9.17) is 4.42 Å². The minimum Gasteiger partial charge on any atom is -0.443 e. The van der Waals surface area contributed by atoms with Crippen LogP contribution < -0.4 is 10.2 Å². The Balaban J connectivity index is 0.00000280. The van der Waals surface area contributed by atoms with E-state index in [1.54, 1.807) is 19.3 Å². The third-order valence-electron chi connectivity index (χ3n) is 4.67. The summed E-state index contributed by atoms with van der Waals surface area (Å²) in [6.07, 6.45) is 1.78. The average Bonchev–Trinajstić information content (AvgIpc) is 3.13. The molecule has 0 saturated carbocycles. The third-order valence-corrected chi connectivity index (χ3v) is 4.67. The molecule has 1 fully saturated rings. The number of aromatic nitrogens is 1. The van der Waals surface area contributed by atoms with Crippen molar-refractivity contribution in [3.63, 3.8) is 0 Å². The number of rotatable bonds is 3. The fourth-order valence-electron chi connectivity index (χ4n) is 3.09. The number of guanidine groups is 1. The lowest BCUT2D eigenvalue weighted by Crippen LogP contribution is -2.52. The second-order valence-corrected chi connectivity index (χ2v) is 7.69. The molecule has 0 unspecified atom stereocenters. The Morgan fingerprint density at radius 3 is 2.46 bits per heavy atom. The third kappa shape index (κ3) is 5.36. The van der Waals surface area contributed by atoms with Gasteiger partial charge in [-0.1, -0.05) is 32.9 Å². The van der Waals surface area contributed by atoms with Crippen LogP contribution >= 0.6 is 24.0 Å². The number of nitrogens with zero attached hydrogens (tertiary/aromatic N) is 4. The first-order chi connectivity index (χ1) is 12.9. The molecule has 3 rings (SSSR count). The topological polar surface area (TPSA) is 56.9 Å². The minimum absolute atomic E-state index is 0. The van der Waals surface area contributed by atoms with Crippen molar-refractivity contribution in [2.45, 2.75) is 32.7 Å². The zero-order valence-corrected chi connectivity index (χ0v) is 19.2. The Bertz CT molecular complexity index is 794. The van der Waals surface area contributed by atoms with Crippen LogP contribution in [0.15, 0.2) is 39.9 Å². The minimum atomic E-state index is -0.174. The number of halogens is 2. The Morgan fingerprint density at radius 2 is 1.89 bits per heavy atom. The largest absolute Gasteiger partial charge is 0.443 e. The van der Waals surface area contributed by atoms with E-state index in [1.165, 1.54) is 6.07 Å². The maximum atomic E-state index is 14.0. The summed E-state index contributed by atoms with van der Waals surface area (Å²) in [5.41, 5.74) is 0.602. The van der Waals surface area contributed by atoms with Gasteiger partial charge in [0.15, 0.2) is 5.96 Å². The lowest BCUT2D eigenvalue weighted by Gasteiger charge is -2.37. The fourth-order valence-corrected chi connectivity index (χ4v) is 3.09. The summed E-state index contributed by atoms with van der Waals surface area (Å²) in [5, 5.41) is 3.31. The first-order valence-electron chi connectivity index (χ1n) is 9.29. The van der Waals surface area contributed by atoms with E-state index in [0.717, 1.165) is 37.9 Å². The number of para-hydroxylation sites is 1. The molecule has 6 nitrogen and oxygen atoms in total. The summed E-state index contributed by atoms with van der Waals surface area (Å²) in [5.74, 6) is 2.14. The molecule has 0 atom stereocenters. The van der Waals surface area contributed by atoms with E-state index >= 15 is 0 Å². The summed E-state index contributed by atoms with van der Waals surface area (Å²) in [6, 6.07) is 6.92. The molecule has 8 heteroatoms. The number of aliphatic imine (C=N–C) groups is 1. The van der Waals surface area contributed by atoms with Crippen LogP contribution in [-0.2, 0) is 12.0 Å². The molecule has 1 aliphatic rings. The van der Waals surface area contributed by atoms with Gasteiger partial charge in [0, 0.05) is 38.6 Å². The molecular formula is C20H29FIN5O. The Labute approximate surface area is 183 Å². The van der Waals surface area contributed by atoms with Gasteiger partial charge in [-0.05, 0) is 12.1 Å². The Morgan fingerprint density at radius 1 is 1.21 bits per heavy atom. The number of hydrogen-bond donors (Lipinski definition) is 1. The predicted octanol–water partition coefficient (Wildman–Crippen LogP) is 3.63. The number of oxazole rings is 1. The molecule has 0 amide bonds. The normalized spacial score (nSPS) is 15.4. The Kier molecular flexibility index (Phi) is 7.68. The first kappa shape index (κ1) is 22.4. The molecule has 2 aromatic rings. The number of nitrogens with one attached hydrogen (secondary N) is 1. The van der Waals surface area contributed by atoms with Crippen LogP contribution in [-0.4, -0.2) is 49.1 Å². The van der Waals surface area contributed by atoms with Crippen LogP contribution in [0.5, 0.6) is 0 Å². The van der Waals surface area contributed by atoms with Gasteiger partial charge < -0.3 is 19.5 Å². The smallest absolute Gasteiger partial charge is 0.213 e. The molecule has 0 radical (unpaired) electrons. The maximum Gasteiger partial charge on any atom is 0.213 e. The van der Waals surface area contributed by atoms with Gasteiger partial charge in [0.1, 0.15) is 11.6 Å². The van der Waals surface area contributed by atoms with Crippen LogP contribution in [0.25, 0.3) is 0 Å². The van der Waals surface area contributed by atoms with Crippen LogP contribution in [0.4, 0.5) is 10.1 Å². The Hall–Kier alpha value is -1.84. The van der Waals surface area contributed by atoms with Gasteiger partial charge in [-0.3, -0.25) is 4.99 Å². The molecule has 0 spiro atoms. The monoisotopic (exact) mass is 501 g/mol. The van der Waals surface area contributed by atoms with E-state index in [1.807, 2.05) is 12.1 Å². The summed E-state index contributed by atoms with van der Waals surface area (Å²) in [4.78, 5) is 13.0. The van der Waals surface area contributed by atoms with Gasteiger partial charge in [-0.15, -0.1) is 24.0 Å². The van der Waals surface area contributed by atoms with Gasteiger partial charge in [-0.25, -0.2) is 9.37 Å². The molecule has 1 aromatic heterocycles. The lowest BCUT2D eigenvalue weighted by molar-refractivity contribution is 0.358. The molecule has 0 aliphatic carbocycles. The van der Waals surface area contributed by atoms with Crippen molar-refractivity contribution in [3.8, 4) is 0 Å². The quantitative estimate of drug-likeness (QED) is 0.396. The van der Waals surface area contributed by atoms with Crippen LogP contribution in [0.3, 0.4) is 0 Å². The molecule has 1 aromatic carbocycles. The van der Waals surface area contributed by atoms with Crippen LogP contribution in [0.1, 0.15) is 32.4 Å². The zero-order chi connectivity index (χ0) is 19.4. The average molecular weight is 501 g/mol. The highest BCUT2D eigenvalue weighted by Crippen LogP contribution is 2.23. The molecule has 2 heterocycles. The molecular weight excluding hydrogens is 472 g/mol. The molecule has 1 saturated heterocycles. The second kappa shape index (κ2) is 9.58. The van der Waals surface area contributed by atoms with Crippen molar-refractivity contribution in [2.75, 3.05) is 38.1 Å². The molecule has 28 heavy (non-hydrogen) atoms. The summed E-state index contributed by atoms with van der Waals surface area (Å²) < 4.78 is 19.8. The summed E-state index contributed by atoms with van der Waals surface area (Å²) in [6.45, 7) is 9.80. The van der Waals surface area contributed by atoms with E-state index in [0.29, 0.717) is 18.1 Å². The van der Waals surface area contributed by atoms with E-state index < -0.39 is 0 Å². The highest BCUT2D eigenvalue weighted by atomic mass is 127. The highest BCUT2D eigenvalue weighted by molar-refractivity contribution is 14.0. The number of hydrogen-bond acceptors (Lipinski definition) is 4. The zero-order valence-electron chi connectivity index (χ0n) is 16.9. The summed E-state index contributed by atoms with van der Waals surface area (Å²) >= 11 is 0. The number of piperazine rings is 1. The molecule has 154 valence electrons. The SMILES string of the molecule is CN=C(NCc1ncc(C(C)(C)C)o1)N1CCN(c2ccccc2F)CC1.I. The molecule has 1 aliphatic heterocycles. The highest BCUT2D eigenvalue weighted by Gasteiger charge is 2.22. The van der Waals surface area contributed by atoms with Crippen molar-refractivity contribution in [1.82, 2.24) is 15.2 Å². The molecule has 1 N–H and O–H groups in total. The van der Waals surface area contributed by atoms with Crippen molar-refractivity contribution in [3.05, 3.63) is 47.9 Å². The first-order valence-corrected chi connectivity index (χ1v) is 9.29. The fraction of sp³-hybridized carbons (Fsp3) is 0.500. The van der Waals surface area contributed by atoms with Gasteiger partial charge in [0.05, 0.1) is 18.4 Å². The summed E-state index contributed by atoms with van der Waals surface area (Å²) in [7, 11) is 1.77. The predicted molar refractivity (Wildman–Crippen MR) is 121 cm³/mol. The van der Waals surface area contributed by atoms with Crippen molar-refractivity contribution in [1.29, 1.82) is 0 Å². The number of anilines is 1. The van der Waals surface area contributed by atoms with Gasteiger partial charge in [0.2, 0.25) is 5.89 Å². The second-order valence-electron chi connectivity index (χ2n) is 7.69. The van der Waals surface area contributed by atoms with Crippen molar-refractivity contribution < 1.29 is 8.81 Å². The van der Waals surface area contributed by atoms with E-state index in [-0.39, 0.29) is 35.2 Å². The van der Waals surface area contributed by atoms with Crippen molar-refractivity contribution >= 4 is 35.6 Å². The van der Waals surface area contributed by atoms with Gasteiger partial charge in [0.25, 0.3) is 0 Å². The van der Waals surface area contributed by atoms with Crippen LogP contribution in [0, 0.1) is 5.82 Å². The molecule has 0 bridgehead atoms. The van der Waals surface area contributed by atoms with Crippen LogP contribution in [0.2, 0.25) is 0 Å². The van der Waals surface area contributed by atoms with E-state index in [2.05, 4.69) is 45.9 Å². The van der Waals surface area contributed by atoms with E-state index in [9.17, 15) is 4.39 Å². The van der Waals surface area contributed by atoms with Gasteiger partial charge in [-0.2, -0.15) is 0 Å². The van der Waals surface area contributed by atoms with Crippen molar-refractivity contribution in [2.24, 2.45) is 4.99 Å². The maximum absolute atomic E-state index is 14.0. The number of benzene rings is 1.